The smallest absolute Gasteiger partial charge is 0.331 e. The number of ether oxygens (including phenoxy) is 3. The maximum Gasteiger partial charge on any atom is 0.331 e. The fourth-order valence-corrected chi connectivity index (χ4v) is 6.64. The van der Waals surface area contributed by atoms with E-state index >= 15 is 0 Å². The maximum atomic E-state index is 11.6. The highest BCUT2D eigenvalue weighted by Gasteiger charge is 2.53. The first-order chi connectivity index (χ1) is 20.0. The van der Waals surface area contributed by atoms with Gasteiger partial charge in [-0.05, 0) is 43.0 Å². The molecule has 4 heterocycles. The Morgan fingerprint density at radius 2 is 1.93 bits per heavy atom. The molecule has 15 heteroatoms. The number of methoxy groups -OCH3 is 1. The molecule has 42 heavy (non-hydrogen) atoms. The van der Waals surface area contributed by atoms with E-state index in [1.54, 1.807) is 19.4 Å². The fraction of sp³-hybridized carbons (Fsp3) is 0.593. The van der Waals surface area contributed by atoms with E-state index in [1.165, 1.54) is 6.07 Å². The Kier molecular flexibility index (Phi) is 9.14. The summed E-state index contributed by atoms with van der Waals surface area (Å²) in [5.74, 6) is 1.20. The first kappa shape index (κ1) is 30.7. The molecule has 0 radical (unpaired) electrons. The second-order valence-corrected chi connectivity index (χ2v) is 18.7. The van der Waals surface area contributed by atoms with Crippen LogP contribution in [0.2, 0.25) is 36.0 Å². The van der Waals surface area contributed by atoms with Crippen LogP contribution >= 0.6 is 23.2 Å². The number of hydrogen-bond acceptors (Lipinski definition) is 10. The van der Waals surface area contributed by atoms with Gasteiger partial charge in [-0.15, -0.1) is 0 Å². The Morgan fingerprint density at radius 1 is 1.17 bits per heavy atom. The number of anilines is 2. The first-order valence-electron chi connectivity index (χ1n) is 14.1. The third-order valence-corrected chi connectivity index (χ3v) is 9.93. The van der Waals surface area contributed by atoms with Crippen molar-refractivity contribution in [3.05, 3.63) is 38.8 Å². The van der Waals surface area contributed by atoms with Gasteiger partial charge < -0.3 is 29.0 Å². The van der Waals surface area contributed by atoms with E-state index in [0.29, 0.717) is 60.1 Å². The maximum absolute atomic E-state index is 11.6. The highest BCUT2D eigenvalue weighted by Crippen LogP contribution is 2.50. The Morgan fingerprint density at radius 3 is 2.62 bits per heavy atom. The minimum absolute atomic E-state index is 0.0172. The van der Waals surface area contributed by atoms with Crippen LogP contribution in [-0.4, -0.2) is 78.6 Å². The summed E-state index contributed by atoms with van der Waals surface area (Å²) in [5.41, 5.74) is 0.696. The number of pyridine rings is 1. The molecule has 228 valence electrons. The van der Waals surface area contributed by atoms with E-state index in [9.17, 15) is 10.1 Å². The van der Waals surface area contributed by atoms with Crippen LogP contribution in [0.4, 0.5) is 17.3 Å². The van der Waals surface area contributed by atoms with Crippen molar-refractivity contribution in [2.45, 2.75) is 57.8 Å². The zero-order chi connectivity index (χ0) is 30.1. The second-order valence-electron chi connectivity index (χ2n) is 12.3. The van der Waals surface area contributed by atoms with Gasteiger partial charge in [0, 0.05) is 59.1 Å². The molecule has 0 atom stereocenters. The molecule has 12 nitrogen and oxygen atoms in total. The molecule has 1 aliphatic carbocycles. The molecule has 1 spiro atoms. The second kappa shape index (κ2) is 12.5. The van der Waals surface area contributed by atoms with E-state index in [-0.39, 0.29) is 28.9 Å². The molecule has 0 aromatic carbocycles. The molecule has 2 aliphatic rings. The minimum Gasteiger partial charge on any atom is -0.473 e. The fourth-order valence-electron chi connectivity index (χ4n) is 5.43. The molecule has 2 fully saturated rings. The Labute approximate surface area is 255 Å². The van der Waals surface area contributed by atoms with E-state index in [0.717, 1.165) is 32.0 Å². The van der Waals surface area contributed by atoms with Crippen LogP contribution in [-0.2, 0) is 16.2 Å². The number of fused-ring (bicyclic) bond motifs is 1. The first-order valence-corrected chi connectivity index (χ1v) is 18.5. The predicted octanol–water partition coefficient (Wildman–Crippen LogP) is 5.85. The zero-order valence-electron chi connectivity index (χ0n) is 24.4. The summed E-state index contributed by atoms with van der Waals surface area (Å²) in [6, 6.07) is 4.20. The van der Waals surface area contributed by atoms with Gasteiger partial charge in [0.2, 0.25) is 5.28 Å². The lowest BCUT2D eigenvalue weighted by atomic mass is 9.62. The molecule has 0 amide bonds. The van der Waals surface area contributed by atoms with Crippen LogP contribution in [0.15, 0.2) is 18.3 Å². The molecule has 1 aliphatic heterocycles. The molecule has 1 N–H and O–H groups in total. The highest BCUT2D eigenvalue weighted by atomic mass is 35.5. The van der Waals surface area contributed by atoms with E-state index in [2.05, 4.69) is 44.8 Å². The zero-order valence-corrected chi connectivity index (χ0v) is 26.9. The lowest BCUT2D eigenvalue weighted by Crippen LogP contribution is -2.64. The summed E-state index contributed by atoms with van der Waals surface area (Å²) >= 11 is 12.8. The number of nitrogens with zero attached hydrogens (tertiary/aromatic N) is 6. The molecule has 5 rings (SSSR count). The molecule has 0 bridgehead atoms. The number of rotatable bonds is 14. The van der Waals surface area contributed by atoms with Crippen molar-refractivity contribution in [1.29, 1.82) is 0 Å². The van der Waals surface area contributed by atoms with Crippen molar-refractivity contribution in [2.75, 3.05) is 50.2 Å². The number of aromatic nitrogens is 4. The monoisotopic (exact) mass is 637 g/mol. The van der Waals surface area contributed by atoms with Crippen molar-refractivity contribution in [1.82, 2.24) is 19.5 Å². The highest BCUT2D eigenvalue weighted by molar-refractivity contribution is 6.76. The standard InChI is InChI=1S/C27H37Cl2N7O5Si/c1-39-18-12-27(13-18)15-35(16-27)21-7-6-20(36(37)38)25(31-21)41-9-5-8-30-23-22-19(28)14-34(24(22)33-26(29)32-23)17-40-10-11-42(2,3)4/h6-7,14,18H,5,8-13,15-17H2,1-4H3,(H,30,32,33). The third kappa shape index (κ3) is 6.91. The van der Waals surface area contributed by atoms with E-state index in [1.807, 2.05) is 4.57 Å². The summed E-state index contributed by atoms with van der Waals surface area (Å²) in [4.78, 5) is 26.4. The normalized spacial score (nSPS) is 16.5. The molecule has 1 saturated carbocycles. The van der Waals surface area contributed by atoms with Crippen LogP contribution < -0.4 is 15.0 Å². The Hall–Kier alpha value is -2.71. The van der Waals surface area contributed by atoms with Crippen molar-refractivity contribution in [3.63, 3.8) is 0 Å². The van der Waals surface area contributed by atoms with Crippen LogP contribution in [0.1, 0.15) is 19.3 Å². The summed E-state index contributed by atoms with van der Waals surface area (Å²) in [6.45, 7) is 10.3. The largest absolute Gasteiger partial charge is 0.473 e. The lowest BCUT2D eigenvalue weighted by molar-refractivity contribution is -0.386. The molecular weight excluding hydrogens is 601 g/mol. The Bertz CT molecular complexity index is 1440. The van der Waals surface area contributed by atoms with E-state index in [4.69, 9.17) is 37.4 Å². The molecule has 3 aromatic heterocycles. The van der Waals surface area contributed by atoms with Crippen molar-refractivity contribution < 1.29 is 19.1 Å². The summed E-state index contributed by atoms with van der Waals surface area (Å²) in [7, 11) is 0.543. The van der Waals surface area contributed by atoms with Crippen LogP contribution in [0, 0.1) is 15.5 Å². The van der Waals surface area contributed by atoms with Gasteiger partial charge in [-0.25, -0.2) is 0 Å². The van der Waals surface area contributed by atoms with Gasteiger partial charge in [0.05, 0.1) is 28.0 Å². The minimum atomic E-state index is -1.20. The molecular formula is C27H37Cl2N7O5Si. The van der Waals surface area contributed by atoms with Crippen LogP contribution in [0.25, 0.3) is 11.0 Å². The molecule has 0 unspecified atom stereocenters. The van der Waals surface area contributed by atoms with Gasteiger partial charge in [-0.1, -0.05) is 31.2 Å². The predicted molar refractivity (Wildman–Crippen MR) is 166 cm³/mol. The van der Waals surface area contributed by atoms with Crippen LogP contribution in [0.3, 0.4) is 0 Å². The van der Waals surface area contributed by atoms with Gasteiger partial charge in [0.25, 0.3) is 5.88 Å². The lowest BCUT2D eigenvalue weighted by Gasteiger charge is -2.58. The van der Waals surface area contributed by atoms with Gasteiger partial charge in [-0.2, -0.15) is 15.0 Å². The van der Waals surface area contributed by atoms with Gasteiger partial charge in [0.15, 0.2) is 5.65 Å². The summed E-state index contributed by atoms with van der Waals surface area (Å²) < 4.78 is 18.9. The van der Waals surface area contributed by atoms with Gasteiger partial charge in [-0.3, -0.25) is 10.1 Å². The molecule has 3 aromatic rings. The topological polar surface area (TPSA) is 130 Å². The van der Waals surface area contributed by atoms with Gasteiger partial charge in [0.1, 0.15) is 18.4 Å². The summed E-state index contributed by atoms with van der Waals surface area (Å²) in [5, 5.41) is 16.1. The van der Waals surface area contributed by atoms with E-state index < -0.39 is 13.0 Å². The molecule has 1 saturated heterocycles. The van der Waals surface area contributed by atoms with Gasteiger partial charge >= 0.3 is 5.69 Å². The number of nitro groups is 1. The average molecular weight is 639 g/mol. The van der Waals surface area contributed by atoms with Crippen molar-refractivity contribution >= 4 is 59.6 Å². The summed E-state index contributed by atoms with van der Waals surface area (Å²) in [6.07, 6.45) is 4.69. The quantitative estimate of drug-likeness (QED) is 0.0755. The average Bonchev–Trinajstić information content (AvgIpc) is 3.19. The number of hydrogen-bond donors (Lipinski definition) is 1. The SMILES string of the molecule is COC1CC2(C1)CN(c1ccc([N+](=O)[O-])c(OCCCNc3nc(Cl)nc4c3c(Cl)cn4COCC[Si](C)(C)C)n1)C2. The van der Waals surface area contributed by atoms with Crippen molar-refractivity contribution in [2.24, 2.45) is 5.41 Å². The van der Waals surface area contributed by atoms with Crippen LogP contribution in [0.5, 0.6) is 5.88 Å². The Balaban J connectivity index is 1.16. The third-order valence-electron chi connectivity index (χ3n) is 7.78. The van der Waals surface area contributed by atoms with Crippen molar-refractivity contribution in [3.8, 4) is 5.88 Å². The number of nitrogens with one attached hydrogen (secondary N) is 1. The number of halogens is 2.